The fourth-order valence-electron chi connectivity index (χ4n) is 4.10. The molecule has 1 atom stereocenters. The topological polar surface area (TPSA) is 49.3 Å². The van der Waals surface area contributed by atoms with E-state index < -0.39 is 0 Å². The molecule has 1 saturated heterocycles. The molecule has 32 heavy (non-hydrogen) atoms. The maximum atomic E-state index is 13.5. The second-order valence-electron chi connectivity index (χ2n) is 8.27. The van der Waals surface area contributed by atoms with Crippen LogP contribution in [0.4, 0.5) is 14.7 Å². The largest absolute Gasteiger partial charge is 0.347 e. The standard InChI is InChI=1S/C25H26F2N4O/c1-30(2)25-28-16-21(18-8-12-20(27)13-9-18)24(29-25)22-5-3-4-14-31(22)23(32)15-17-6-10-19(26)11-7-17/h6-13,16,22H,3-5,14-15H2,1-2H3. The van der Waals surface area contributed by atoms with Gasteiger partial charge in [0.05, 0.1) is 18.2 Å². The molecule has 4 rings (SSSR count). The highest BCUT2D eigenvalue weighted by molar-refractivity contribution is 5.80. The van der Waals surface area contributed by atoms with Gasteiger partial charge in [0.2, 0.25) is 11.9 Å². The number of carbonyl (C=O) groups excluding carboxylic acids is 1. The van der Waals surface area contributed by atoms with Crippen LogP contribution in [-0.4, -0.2) is 41.4 Å². The van der Waals surface area contributed by atoms with Crippen molar-refractivity contribution in [3.8, 4) is 11.1 Å². The van der Waals surface area contributed by atoms with Gasteiger partial charge in [-0.25, -0.2) is 18.7 Å². The predicted octanol–water partition coefficient (Wildman–Crippen LogP) is 4.78. The minimum atomic E-state index is -0.321. The molecule has 1 aliphatic heterocycles. The number of likely N-dealkylation sites (tertiary alicyclic amines) is 1. The molecule has 0 radical (unpaired) electrons. The van der Waals surface area contributed by atoms with Crippen molar-refractivity contribution in [2.24, 2.45) is 0 Å². The maximum Gasteiger partial charge on any atom is 0.227 e. The van der Waals surface area contributed by atoms with Crippen molar-refractivity contribution in [2.45, 2.75) is 31.7 Å². The molecular weight excluding hydrogens is 410 g/mol. The van der Waals surface area contributed by atoms with Crippen molar-refractivity contribution in [2.75, 3.05) is 25.5 Å². The number of amides is 1. The third-order valence-electron chi connectivity index (χ3n) is 5.77. The molecule has 2 heterocycles. The quantitative estimate of drug-likeness (QED) is 0.577. The van der Waals surface area contributed by atoms with Crippen molar-refractivity contribution < 1.29 is 13.6 Å². The van der Waals surface area contributed by atoms with E-state index in [0.29, 0.717) is 12.5 Å². The van der Waals surface area contributed by atoms with E-state index in [9.17, 15) is 13.6 Å². The number of halogens is 2. The van der Waals surface area contributed by atoms with Crippen LogP contribution in [0.15, 0.2) is 54.7 Å². The predicted molar refractivity (Wildman–Crippen MR) is 120 cm³/mol. The third-order valence-corrected chi connectivity index (χ3v) is 5.77. The lowest BCUT2D eigenvalue weighted by Gasteiger charge is -2.36. The maximum absolute atomic E-state index is 13.5. The second-order valence-corrected chi connectivity index (χ2v) is 8.27. The molecule has 0 spiro atoms. The van der Waals surface area contributed by atoms with E-state index in [2.05, 4.69) is 4.98 Å². The molecular formula is C25H26F2N4O. The van der Waals surface area contributed by atoms with Crippen LogP contribution in [0.3, 0.4) is 0 Å². The summed E-state index contributed by atoms with van der Waals surface area (Å²) in [6.07, 6.45) is 4.64. The average molecular weight is 437 g/mol. The molecule has 7 heteroatoms. The average Bonchev–Trinajstić information content (AvgIpc) is 2.80. The van der Waals surface area contributed by atoms with E-state index in [1.165, 1.54) is 24.3 Å². The Morgan fingerprint density at radius 1 is 1.03 bits per heavy atom. The summed E-state index contributed by atoms with van der Waals surface area (Å²) in [5.41, 5.74) is 3.14. The number of nitrogens with zero attached hydrogens (tertiary/aromatic N) is 4. The first kappa shape index (κ1) is 21.9. The van der Waals surface area contributed by atoms with Crippen molar-refractivity contribution in [3.05, 3.63) is 77.6 Å². The van der Waals surface area contributed by atoms with Gasteiger partial charge in [0.1, 0.15) is 11.6 Å². The van der Waals surface area contributed by atoms with Gasteiger partial charge >= 0.3 is 0 Å². The highest BCUT2D eigenvalue weighted by atomic mass is 19.1. The van der Waals surface area contributed by atoms with Crippen molar-refractivity contribution >= 4 is 11.9 Å². The summed E-state index contributed by atoms with van der Waals surface area (Å²) in [6.45, 7) is 0.634. The van der Waals surface area contributed by atoms with Crippen molar-refractivity contribution in [1.29, 1.82) is 0 Å². The summed E-state index contributed by atoms with van der Waals surface area (Å²) in [6, 6.07) is 12.1. The van der Waals surface area contributed by atoms with Gasteiger partial charge in [-0.3, -0.25) is 4.79 Å². The zero-order chi connectivity index (χ0) is 22.7. The summed E-state index contributed by atoms with van der Waals surface area (Å²) < 4.78 is 26.8. The lowest BCUT2D eigenvalue weighted by molar-refractivity contribution is -0.134. The zero-order valence-electron chi connectivity index (χ0n) is 18.3. The Kier molecular flexibility index (Phi) is 6.44. The van der Waals surface area contributed by atoms with Gasteiger partial charge in [-0.2, -0.15) is 0 Å². The van der Waals surface area contributed by atoms with Gasteiger partial charge in [0.15, 0.2) is 0 Å². The van der Waals surface area contributed by atoms with E-state index in [0.717, 1.165) is 41.6 Å². The van der Waals surface area contributed by atoms with Gasteiger partial charge < -0.3 is 9.80 Å². The molecule has 1 fully saturated rings. The molecule has 5 nitrogen and oxygen atoms in total. The van der Waals surface area contributed by atoms with Gasteiger partial charge in [0, 0.05) is 32.4 Å². The Balaban J connectivity index is 1.71. The van der Waals surface area contributed by atoms with Crippen LogP contribution < -0.4 is 4.90 Å². The van der Waals surface area contributed by atoms with Crippen LogP contribution in [0.2, 0.25) is 0 Å². The number of benzene rings is 2. The summed E-state index contributed by atoms with van der Waals surface area (Å²) in [5.74, 6) is -0.0909. The van der Waals surface area contributed by atoms with Crippen LogP contribution in [0.1, 0.15) is 36.6 Å². The molecule has 0 saturated carbocycles. The lowest BCUT2D eigenvalue weighted by Crippen LogP contribution is -2.40. The molecule has 0 bridgehead atoms. The Morgan fingerprint density at radius 2 is 1.69 bits per heavy atom. The van der Waals surface area contributed by atoms with Crippen molar-refractivity contribution in [1.82, 2.24) is 14.9 Å². The molecule has 1 aromatic heterocycles. The van der Waals surface area contributed by atoms with E-state index in [4.69, 9.17) is 4.98 Å². The first-order valence-corrected chi connectivity index (χ1v) is 10.8. The van der Waals surface area contributed by atoms with Gasteiger partial charge in [-0.1, -0.05) is 24.3 Å². The zero-order valence-corrected chi connectivity index (χ0v) is 18.3. The van der Waals surface area contributed by atoms with E-state index in [1.54, 1.807) is 30.5 Å². The van der Waals surface area contributed by atoms with Crippen LogP contribution in [0, 0.1) is 11.6 Å². The first-order valence-electron chi connectivity index (χ1n) is 10.8. The minimum Gasteiger partial charge on any atom is -0.347 e. The first-order chi connectivity index (χ1) is 15.4. The fraction of sp³-hybridized carbons (Fsp3) is 0.320. The van der Waals surface area contributed by atoms with Crippen LogP contribution in [0.5, 0.6) is 0 Å². The number of carbonyl (C=O) groups is 1. The number of rotatable bonds is 5. The lowest BCUT2D eigenvalue weighted by atomic mass is 9.93. The Labute approximate surface area is 186 Å². The van der Waals surface area contributed by atoms with Gasteiger partial charge in [0.25, 0.3) is 0 Å². The van der Waals surface area contributed by atoms with E-state index in [-0.39, 0.29) is 30.0 Å². The molecule has 0 N–H and O–H groups in total. The Bertz CT molecular complexity index is 1080. The molecule has 0 aliphatic carbocycles. The summed E-state index contributed by atoms with van der Waals surface area (Å²) in [5, 5.41) is 0. The summed E-state index contributed by atoms with van der Waals surface area (Å²) >= 11 is 0. The van der Waals surface area contributed by atoms with Gasteiger partial charge in [-0.15, -0.1) is 0 Å². The molecule has 1 aliphatic rings. The Morgan fingerprint density at radius 3 is 2.34 bits per heavy atom. The number of hydrogen-bond acceptors (Lipinski definition) is 4. The minimum absolute atomic E-state index is 0.0172. The van der Waals surface area contributed by atoms with Crippen molar-refractivity contribution in [3.63, 3.8) is 0 Å². The smallest absolute Gasteiger partial charge is 0.227 e. The normalized spacial score (nSPS) is 16.1. The summed E-state index contributed by atoms with van der Waals surface area (Å²) in [7, 11) is 3.74. The molecule has 1 amide bonds. The molecule has 3 aromatic rings. The van der Waals surface area contributed by atoms with Crippen LogP contribution in [-0.2, 0) is 11.2 Å². The number of piperidine rings is 1. The molecule has 1 unspecified atom stereocenters. The van der Waals surface area contributed by atoms with E-state index >= 15 is 0 Å². The fourth-order valence-corrected chi connectivity index (χ4v) is 4.10. The number of anilines is 1. The molecule has 2 aromatic carbocycles. The molecule has 166 valence electrons. The van der Waals surface area contributed by atoms with Crippen LogP contribution >= 0.6 is 0 Å². The summed E-state index contributed by atoms with van der Waals surface area (Å²) in [4.78, 5) is 26.3. The number of hydrogen-bond donors (Lipinski definition) is 0. The number of aromatic nitrogens is 2. The van der Waals surface area contributed by atoms with Gasteiger partial charge in [-0.05, 0) is 54.7 Å². The highest BCUT2D eigenvalue weighted by Gasteiger charge is 2.31. The monoisotopic (exact) mass is 436 g/mol. The Hall–Kier alpha value is -3.35. The highest BCUT2D eigenvalue weighted by Crippen LogP contribution is 2.36. The van der Waals surface area contributed by atoms with Crippen LogP contribution in [0.25, 0.3) is 11.1 Å². The SMILES string of the molecule is CN(C)c1ncc(-c2ccc(F)cc2)c(C2CCCCN2C(=O)Cc2ccc(F)cc2)n1. The third kappa shape index (κ3) is 4.77. The van der Waals surface area contributed by atoms with E-state index in [1.807, 2.05) is 23.9 Å². The second kappa shape index (κ2) is 9.42.